The Balaban J connectivity index is 1.73. The molecule has 26 heavy (non-hydrogen) atoms. The van der Waals surface area contributed by atoms with Crippen LogP contribution in [0.5, 0.6) is 0 Å². The topological polar surface area (TPSA) is 164 Å². The van der Waals surface area contributed by atoms with Crippen molar-refractivity contribution in [3.05, 3.63) is 30.9 Å². The first-order chi connectivity index (χ1) is 12.6. The SMILES string of the molecule is Nc1nc(Nc2cccnc2)nc2c1ncn2[C@@H]1O[C@H](CO)C(O)C1O. The number of nitrogen functional groups attached to an aromatic ring is 1. The number of nitrogens with zero attached hydrogens (tertiary/aromatic N) is 5. The summed E-state index contributed by atoms with van der Waals surface area (Å²) < 4.78 is 6.98. The van der Waals surface area contributed by atoms with Crippen LogP contribution in [0, 0.1) is 0 Å². The van der Waals surface area contributed by atoms with E-state index in [9.17, 15) is 15.3 Å². The number of aliphatic hydroxyl groups is 3. The molecule has 3 aromatic heterocycles. The molecule has 1 aliphatic rings. The van der Waals surface area contributed by atoms with Crippen LogP contribution in [0.4, 0.5) is 17.5 Å². The third-order valence-corrected chi connectivity index (χ3v) is 4.16. The highest BCUT2D eigenvalue weighted by atomic mass is 16.6. The molecule has 4 heterocycles. The molecule has 11 heteroatoms. The molecule has 1 fully saturated rings. The van der Waals surface area contributed by atoms with E-state index in [1.54, 1.807) is 24.5 Å². The Morgan fingerprint density at radius 3 is 2.81 bits per heavy atom. The van der Waals surface area contributed by atoms with Gasteiger partial charge in [0.05, 0.1) is 24.8 Å². The third-order valence-electron chi connectivity index (χ3n) is 4.16. The standard InChI is InChI=1S/C15H17N7O4/c16-12-9-13(21-15(20-12)19-7-2-1-3-17-4-7)22(6-18-9)14-11(25)10(24)8(5-23)26-14/h1-4,6,8,10-11,14,23-25H,5H2,(H3,16,19,20,21)/t8-,10?,11?,14-/m1/s1. The smallest absolute Gasteiger partial charge is 0.231 e. The quantitative estimate of drug-likeness (QED) is 0.396. The number of hydrogen-bond acceptors (Lipinski definition) is 10. The number of anilines is 3. The fourth-order valence-corrected chi connectivity index (χ4v) is 2.86. The fourth-order valence-electron chi connectivity index (χ4n) is 2.86. The summed E-state index contributed by atoms with van der Waals surface area (Å²) in [6.07, 6.45) is 0.287. The number of ether oxygens (including phenoxy) is 1. The molecule has 0 bridgehead atoms. The number of nitrogens with one attached hydrogen (secondary N) is 1. The van der Waals surface area contributed by atoms with Crippen molar-refractivity contribution < 1.29 is 20.1 Å². The normalized spacial score (nSPS) is 25.7. The minimum Gasteiger partial charge on any atom is -0.394 e. The van der Waals surface area contributed by atoms with Crippen molar-refractivity contribution in [1.82, 2.24) is 24.5 Å². The van der Waals surface area contributed by atoms with Crippen LogP contribution in [0.15, 0.2) is 30.9 Å². The van der Waals surface area contributed by atoms with Gasteiger partial charge >= 0.3 is 0 Å². The lowest BCUT2D eigenvalue weighted by Gasteiger charge is -2.16. The second-order valence-corrected chi connectivity index (χ2v) is 5.85. The molecule has 4 atom stereocenters. The van der Waals surface area contributed by atoms with Crippen molar-refractivity contribution in [2.45, 2.75) is 24.5 Å². The number of fused-ring (bicyclic) bond motifs is 1. The molecule has 0 spiro atoms. The van der Waals surface area contributed by atoms with Crippen LogP contribution in [-0.2, 0) is 4.74 Å². The van der Waals surface area contributed by atoms with Crippen LogP contribution < -0.4 is 11.1 Å². The molecule has 0 radical (unpaired) electrons. The molecule has 136 valence electrons. The van der Waals surface area contributed by atoms with Gasteiger partial charge in [-0.1, -0.05) is 0 Å². The second-order valence-electron chi connectivity index (χ2n) is 5.85. The number of imidazole rings is 1. The lowest BCUT2D eigenvalue weighted by atomic mass is 10.1. The van der Waals surface area contributed by atoms with Crippen molar-refractivity contribution >= 4 is 28.6 Å². The average Bonchev–Trinajstić information content (AvgIpc) is 3.18. The van der Waals surface area contributed by atoms with E-state index in [2.05, 4.69) is 25.3 Å². The Morgan fingerprint density at radius 1 is 1.27 bits per heavy atom. The number of aliphatic hydroxyl groups excluding tert-OH is 3. The van der Waals surface area contributed by atoms with E-state index in [0.717, 1.165) is 0 Å². The Bertz CT molecular complexity index is 919. The number of pyridine rings is 1. The molecular weight excluding hydrogens is 342 g/mol. The van der Waals surface area contributed by atoms with Gasteiger partial charge in [0, 0.05) is 6.20 Å². The average molecular weight is 359 g/mol. The zero-order valence-corrected chi connectivity index (χ0v) is 13.5. The zero-order chi connectivity index (χ0) is 18.3. The predicted octanol–water partition coefficient (Wildman–Crippen LogP) is -0.841. The molecule has 0 saturated carbocycles. The van der Waals surface area contributed by atoms with Gasteiger partial charge in [-0.3, -0.25) is 9.55 Å². The Hall–Kier alpha value is -2.86. The summed E-state index contributed by atoms with van der Waals surface area (Å²) in [5, 5.41) is 32.4. The highest BCUT2D eigenvalue weighted by Crippen LogP contribution is 2.32. The molecule has 1 saturated heterocycles. The van der Waals surface area contributed by atoms with Gasteiger partial charge in [0.15, 0.2) is 17.7 Å². The Kier molecular flexibility index (Phi) is 4.12. The molecule has 6 N–H and O–H groups in total. The first-order valence-corrected chi connectivity index (χ1v) is 7.88. The lowest BCUT2D eigenvalue weighted by Crippen LogP contribution is -2.33. The molecule has 1 aliphatic heterocycles. The summed E-state index contributed by atoms with van der Waals surface area (Å²) in [6, 6.07) is 3.55. The zero-order valence-electron chi connectivity index (χ0n) is 13.5. The fraction of sp³-hybridized carbons (Fsp3) is 0.333. The van der Waals surface area contributed by atoms with E-state index in [0.29, 0.717) is 16.9 Å². The van der Waals surface area contributed by atoms with Crippen molar-refractivity contribution in [2.24, 2.45) is 0 Å². The van der Waals surface area contributed by atoms with E-state index in [-0.39, 0.29) is 11.8 Å². The molecule has 3 aromatic rings. The molecule has 4 rings (SSSR count). The summed E-state index contributed by atoms with van der Waals surface area (Å²) >= 11 is 0. The number of rotatable bonds is 4. The first-order valence-electron chi connectivity index (χ1n) is 7.88. The summed E-state index contributed by atoms with van der Waals surface area (Å²) in [5.74, 6) is 0.364. The van der Waals surface area contributed by atoms with Gasteiger partial charge in [-0.25, -0.2) is 4.98 Å². The molecule has 2 unspecified atom stereocenters. The molecule has 0 aromatic carbocycles. The van der Waals surface area contributed by atoms with E-state index >= 15 is 0 Å². The minimum absolute atomic E-state index is 0.145. The van der Waals surface area contributed by atoms with Crippen LogP contribution in [0.1, 0.15) is 6.23 Å². The second kappa shape index (κ2) is 6.46. The first kappa shape index (κ1) is 16.6. The summed E-state index contributed by atoms with van der Waals surface area (Å²) in [5.41, 5.74) is 7.29. The van der Waals surface area contributed by atoms with E-state index < -0.39 is 31.1 Å². The van der Waals surface area contributed by atoms with Crippen molar-refractivity contribution in [1.29, 1.82) is 0 Å². The molecule has 0 aliphatic carbocycles. The number of aromatic nitrogens is 5. The van der Waals surface area contributed by atoms with Gasteiger partial charge in [-0.15, -0.1) is 0 Å². The van der Waals surface area contributed by atoms with Gasteiger partial charge in [-0.2, -0.15) is 9.97 Å². The monoisotopic (exact) mass is 359 g/mol. The maximum absolute atomic E-state index is 10.2. The van der Waals surface area contributed by atoms with Crippen LogP contribution in [0.25, 0.3) is 11.2 Å². The lowest BCUT2D eigenvalue weighted by molar-refractivity contribution is -0.0511. The number of nitrogens with two attached hydrogens (primary N) is 1. The largest absolute Gasteiger partial charge is 0.394 e. The molecular formula is C15H17N7O4. The van der Waals surface area contributed by atoms with Gasteiger partial charge < -0.3 is 31.1 Å². The Morgan fingerprint density at radius 2 is 2.12 bits per heavy atom. The van der Waals surface area contributed by atoms with E-state index in [1.807, 2.05) is 0 Å². The van der Waals surface area contributed by atoms with Crippen molar-refractivity contribution in [3.8, 4) is 0 Å². The molecule has 0 amide bonds. The number of hydrogen-bond donors (Lipinski definition) is 5. The van der Waals surface area contributed by atoms with Crippen LogP contribution in [0.2, 0.25) is 0 Å². The van der Waals surface area contributed by atoms with E-state index in [4.69, 9.17) is 10.5 Å². The summed E-state index contributed by atoms with van der Waals surface area (Å²) in [7, 11) is 0. The summed E-state index contributed by atoms with van der Waals surface area (Å²) in [4.78, 5) is 16.7. The van der Waals surface area contributed by atoms with Crippen LogP contribution >= 0.6 is 0 Å². The van der Waals surface area contributed by atoms with Crippen LogP contribution in [-0.4, -0.2) is 64.7 Å². The minimum atomic E-state index is -1.25. The van der Waals surface area contributed by atoms with Gasteiger partial charge in [0.2, 0.25) is 5.95 Å². The van der Waals surface area contributed by atoms with Gasteiger partial charge in [-0.05, 0) is 12.1 Å². The highest BCUT2D eigenvalue weighted by molar-refractivity contribution is 5.83. The Labute approximate surface area is 147 Å². The maximum atomic E-state index is 10.2. The van der Waals surface area contributed by atoms with Gasteiger partial charge in [0.25, 0.3) is 0 Å². The molecule has 11 nitrogen and oxygen atoms in total. The van der Waals surface area contributed by atoms with Crippen molar-refractivity contribution in [2.75, 3.05) is 17.7 Å². The summed E-state index contributed by atoms with van der Waals surface area (Å²) in [6.45, 7) is -0.424. The predicted molar refractivity (Wildman–Crippen MR) is 90.3 cm³/mol. The van der Waals surface area contributed by atoms with E-state index in [1.165, 1.54) is 10.9 Å². The third kappa shape index (κ3) is 2.72. The highest BCUT2D eigenvalue weighted by Gasteiger charge is 2.44. The maximum Gasteiger partial charge on any atom is 0.231 e. The van der Waals surface area contributed by atoms with Crippen molar-refractivity contribution in [3.63, 3.8) is 0 Å². The van der Waals surface area contributed by atoms with Gasteiger partial charge in [0.1, 0.15) is 23.8 Å². The van der Waals surface area contributed by atoms with Crippen LogP contribution in [0.3, 0.4) is 0 Å².